The van der Waals surface area contributed by atoms with Crippen molar-refractivity contribution in [1.82, 2.24) is 9.80 Å². The standard InChI is InChI=1S/C14H22N2O5/c1-9(2)12(17)15-5-7-16(8-6-15)13(18)10-3-4-11(21-10)14(19)20/h9-11H,3-8H2,1-2H3,(H,19,20)/t10-,11+/m0/s1. The largest absolute Gasteiger partial charge is 0.479 e. The second-order valence-corrected chi connectivity index (χ2v) is 5.83. The molecule has 0 radical (unpaired) electrons. The van der Waals surface area contributed by atoms with Crippen LogP contribution in [0.2, 0.25) is 0 Å². The number of ether oxygens (including phenoxy) is 1. The highest BCUT2D eigenvalue weighted by atomic mass is 16.5. The zero-order valence-electron chi connectivity index (χ0n) is 12.4. The lowest BCUT2D eigenvalue weighted by Gasteiger charge is -2.36. The number of rotatable bonds is 3. The first kappa shape index (κ1) is 15.8. The third-order valence-electron chi connectivity index (χ3n) is 3.97. The van der Waals surface area contributed by atoms with Crippen molar-refractivity contribution in [3.05, 3.63) is 0 Å². The summed E-state index contributed by atoms with van der Waals surface area (Å²) in [6, 6.07) is 0. The maximum Gasteiger partial charge on any atom is 0.332 e. The Hall–Kier alpha value is -1.63. The highest BCUT2D eigenvalue weighted by Gasteiger charge is 2.37. The molecule has 7 heteroatoms. The van der Waals surface area contributed by atoms with E-state index in [-0.39, 0.29) is 17.7 Å². The van der Waals surface area contributed by atoms with E-state index in [1.807, 2.05) is 13.8 Å². The van der Waals surface area contributed by atoms with Crippen molar-refractivity contribution in [3.63, 3.8) is 0 Å². The molecule has 0 aromatic heterocycles. The van der Waals surface area contributed by atoms with Gasteiger partial charge in [-0.15, -0.1) is 0 Å². The molecule has 0 unspecified atom stereocenters. The second kappa shape index (κ2) is 6.43. The summed E-state index contributed by atoms with van der Waals surface area (Å²) in [6.07, 6.45) is -0.709. The number of nitrogens with zero attached hydrogens (tertiary/aromatic N) is 2. The van der Waals surface area contributed by atoms with Crippen molar-refractivity contribution in [3.8, 4) is 0 Å². The van der Waals surface area contributed by atoms with Gasteiger partial charge in [-0.3, -0.25) is 9.59 Å². The molecule has 2 aliphatic rings. The van der Waals surface area contributed by atoms with Gasteiger partial charge < -0.3 is 19.6 Å². The first-order valence-corrected chi connectivity index (χ1v) is 7.36. The zero-order chi connectivity index (χ0) is 15.6. The van der Waals surface area contributed by atoms with E-state index in [1.54, 1.807) is 9.80 Å². The fourth-order valence-electron chi connectivity index (χ4n) is 2.72. The number of amides is 2. The van der Waals surface area contributed by atoms with Crippen LogP contribution in [-0.4, -0.2) is 71.1 Å². The van der Waals surface area contributed by atoms with Gasteiger partial charge in [-0.05, 0) is 12.8 Å². The van der Waals surface area contributed by atoms with Crippen LogP contribution in [0, 0.1) is 5.92 Å². The predicted molar refractivity (Wildman–Crippen MR) is 73.5 cm³/mol. The fourth-order valence-corrected chi connectivity index (χ4v) is 2.72. The minimum atomic E-state index is -1.02. The Labute approximate surface area is 123 Å². The van der Waals surface area contributed by atoms with Gasteiger partial charge in [0.2, 0.25) is 5.91 Å². The summed E-state index contributed by atoms with van der Waals surface area (Å²) in [5, 5.41) is 8.88. The number of carbonyl (C=O) groups excluding carboxylic acids is 2. The number of hydrogen-bond acceptors (Lipinski definition) is 4. The summed E-state index contributed by atoms with van der Waals surface area (Å²) >= 11 is 0. The summed E-state index contributed by atoms with van der Waals surface area (Å²) in [6.45, 7) is 5.73. The van der Waals surface area contributed by atoms with Crippen LogP contribution >= 0.6 is 0 Å². The summed E-state index contributed by atoms with van der Waals surface area (Å²) in [7, 11) is 0. The molecule has 2 aliphatic heterocycles. The third-order valence-corrected chi connectivity index (χ3v) is 3.97. The SMILES string of the molecule is CC(C)C(=O)N1CCN(C(=O)[C@@H]2CC[C@H](C(=O)O)O2)CC1. The maximum atomic E-state index is 12.3. The number of aliphatic carboxylic acids is 1. The van der Waals surface area contributed by atoms with E-state index in [9.17, 15) is 14.4 Å². The molecule has 2 fully saturated rings. The van der Waals surface area contributed by atoms with Crippen molar-refractivity contribution in [1.29, 1.82) is 0 Å². The van der Waals surface area contributed by atoms with Crippen molar-refractivity contribution in [2.45, 2.75) is 38.9 Å². The van der Waals surface area contributed by atoms with Crippen molar-refractivity contribution < 1.29 is 24.2 Å². The Balaban J connectivity index is 1.84. The Morgan fingerprint density at radius 3 is 2.00 bits per heavy atom. The molecule has 7 nitrogen and oxygen atoms in total. The van der Waals surface area contributed by atoms with E-state index in [4.69, 9.17) is 9.84 Å². The molecule has 0 saturated carbocycles. The lowest BCUT2D eigenvalue weighted by atomic mass is 10.1. The van der Waals surface area contributed by atoms with Gasteiger partial charge >= 0.3 is 5.97 Å². The van der Waals surface area contributed by atoms with Gasteiger partial charge in [0.05, 0.1) is 0 Å². The summed E-state index contributed by atoms with van der Waals surface area (Å²) in [5.74, 6) is -1.11. The molecule has 2 rings (SSSR count). The molecule has 2 atom stereocenters. The molecule has 0 bridgehead atoms. The van der Waals surface area contributed by atoms with Crippen LogP contribution in [0.1, 0.15) is 26.7 Å². The molecule has 0 aromatic carbocycles. The topological polar surface area (TPSA) is 87.2 Å². The van der Waals surface area contributed by atoms with E-state index in [0.29, 0.717) is 39.0 Å². The lowest BCUT2D eigenvalue weighted by molar-refractivity contribution is -0.156. The summed E-state index contributed by atoms with van der Waals surface area (Å²) < 4.78 is 5.28. The van der Waals surface area contributed by atoms with E-state index in [0.717, 1.165) is 0 Å². The molecule has 2 amide bonds. The van der Waals surface area contributed by atoms with Crippen LogP contribution in [0.5, 0.6) is 0 Å². The first-order chi connectivity index (χ1) is 9.90. The highest BCUT2D eigenvalue weighted by molar-refractivity contribution is 5.83. The molecule has 0 aromatic rings. The van der Waals surface area contributed by atoms with Crippen LogP contribution in [-0.2, 0) is 19.1 Å². The van der Waals surface area contributed by atoms with Gasteiger partial charge in [0, 0.05) is 32.1 Å². The average Bonchev–Trinajstić information content (AvgIpc) is 2.96. The molecular formula is C14H22N2O5. The molecule has 2 saturated heterocycles. The summed E-state index contributed by atoms with van der Waals surface area (Å²) in [4.78, 5) is 38.4. The van der Waals surface area contributed by atoms with E-state index in [2.05, 4.69) is 0 Å². The highest BCUT2D eigenvalue weighted by Crippen LogP contribution is 2.22. The Bertz CT molecular complexity index is 429. The number of carbonyl (C=O) groups is 3. The van der Waals surface area contributed by atoms with E-state index >= 15 is 0 Å². The number of carboxylic acid groups (broad SMARTS) is 1. The number of piperazine rings is 1. The Kier molecular flexibility index (Phi) is 4.82. The van der Waals surface area contributed by atoms with Crippen molar-refractivity contribution in [2.24, 2.45) is 5.92 Å². The van der Waals surface area contributed by atoms with E-state index in [1.165, 1.54) is 0 Å². The fraction of sp³-hybridized carbons (Fsp3) is 0.786. The second-order valence-electron chi connectivity index (χ2n) is 5.83. The predicted octanol–water partition coefficient (Wildman–Crippen LogP) is -0.0546. The van der Waals surface area contributed by atoms with E-state index < -0.39 is 18.2 Å². The minimum absolute atomic E-state index is 0.0401. The monoisotopic (exact) mass is 298 g/mol. The summed E-state index contributed by atoms with van der Waals surface area (Å²) in [5.41, 5.74) is 0. The Morgan fingerprint density at radius 2 is 1.52 bits per heavy atom. The maximum absolute atomic E-state index is 12.3. The van der Waals surface area contributed by atoms with Crippen molar-refractivity contribution >= 4 is 17.8 Å². The molecule has 2 heterocycles. The van der Waals surface area contributed by atoms with Gasteiger partial charge in [-0.1, -0.05) is 13.8 Å². The minimum Gasteiger partial charge on any atom is -0.479 e. The van der Waals surface area contributed by atoms with Crippen LogP contribution in [0.3, 0.4) is 0 Å². The molecular weight excluding hydrogens is 276 g/mol. The number of hydrogen-bond donors (Lipinski definition) is 1. The van der Waals surface area contributed by atoms with Gasteiger partial charge in [0.25, 0.3) is 5.91 Å². The third kappa shape index (κ3) is 3.53. The van der Waals surface area contributed by atoms with Crippen LogP contribution in [0.15, 0.2) is 0 Å². The zero-order valence-corrected chi connectivity index (χ0v) is 12.4. The molecule has 0 aliphatic carbocycles. The molecule has 118 valence electrons. The quantitative estimate of drug-likeness (QED) is 0.789. The van der Waals surface area contributed by atoms with Gasteiger partial charge in [0.15, 0.2) is 6.10 Å². The van der Waals surface area contributed by atoms with Crippen molar-refractivity contribution in [2.75, 3.05) is 26.2 Å². The van der Waals surface area contributed by atoms with Gasteiger partial charge in [-0.25, -0.2) is 4.79 Å². The number of carboxylic acids is 1. The smallest absolute Gasteiger partial charge is 0.332 e. The molecule has 1 N–H and O–H groups in total. The van der Waals surface area contributed by atoms with Gasteiger partial charge in [0.1, 0.15) is 6.10 Å². The molecule has 21 heavy (non-hydrogen) atoms. The molecule has 0 spiro atoms. The van der Waals surface area contributed by atoms with Crippen LogP contribution in [0.25, 0.3) is 0 Å². The first-order valence-electron chi connectivity index (χ1n) is 7.36. The average molecular weight is 298 g/mol. The lowest BCUT2D eigenvalue weighted by Crippen LogP contribution is -2.53. The van der Waals surface area contributed by atoms with Crippen LogP contribution < -0.4 is 0 Å². The normalized spacial score (nSPS) is 26.2. The Morgan fingerprint density at radius 1 is 1.00 bits per heavy atom. The van der Waals surface area contributed by atoms with Gasteiger partial charge in [-0.2, -0.15) is 0 Å². The van der Waals surface area contributed by atoms with Crippen LogP contribution in [0.4, 0.5) is 0 Å².